The second kappa shape index (κ2) is 7.83. The number of aromatic hydroxyl groups is 1. The summed E-state index contributed by atoms with van der Waals surface area (Å²) in [6.45, 7) is 4.23. The van der Waals surface area contributed by atoms with Crippen LogP contribution in [0.15, 0.2) is 36.4 Å². The fourth-order valence-corrected chi connectivity index (χ4v) is 5.05. The van der Waals surface area contributed by atoms with Crippen LogP contribution in [-0.4, -0.2) is 39.5 Å². The number of methoxy groups -OCH3 is 1. The molecule has 32 heavy (non-hydrogen) atoms. The third-order valence-corrected chi connectivity index (χ3v) is 6.55. The molecule has 5 rings (SSSR count). The fraction of sp³-hybridized carbons (Fsp3) is 0.261. The van der Waals surface area contributed by atoms with Crippen molar-refractivity contribution in [1.82, 2.24) is 14.8 Å². The van der Waals surface area contributed by atoms with Crippen LogP contribution in [0.5, 0.6) is 17.2 Å². The first-order valence-corrected chi connectivity index (χ1v) is 11.1. The number of thiazole rings is 1. The number of aryl methyl sites for hydroxylation is 1. The Morgan fingerprint density at radius 3 is 2.91 bits per heavy atom. The molecule has 1 atom stereocenters. The molecule has 0 saturated heterocycles. The minimum absolute atomic E-state index is 0.0772. The summed E-state index contributed by atoms with van der Waals surface area (Å²) in [5.41, 5.74) is 3.48. The van der Waals surface area contributed by atoms with Gasteiger partial charge in [-0.3, -0.25) is 4.79 Å². The third-order valence-electron chi connectivity index (χ3n) is 5.55. The lowest BCUT2D eigenvalue weighted by Gasteiger charge is -2.24. The van der Waals surface area contributed by atoms with Crippen molar-refractivity contribution in [2.45, 2.75) is 26.2 Å². The number of anilines is 1. The van der Waals surface area contributed by atoms with Crippen LogP contribution in [0.25, 0.3) is 15.3 Å². The van der Waals surface area contributed by atoms with Gasteiger partial charge in [0.15, 0.2) is 11.5 Å². The van der Waals surface area contributed by atoms with Crippen molar-refractivity contribution in [2.75, 3.05) is 19.0 Å². The quantitative estimate of drug-likeness (QED) is 0.468. The summed E-state index contributed by atoms with van der Waals surface area (Å²) in [5.74, 6) is 1.56. The number of hydrogen-bond donors (Lipinski definition) is 2. The molecular formula is C23H22N4O4S. The monoisotopic (exact) mass is 450 g/mol. The highest BCUT2D eigenvalue weighted by Crippen LogP contribution is 2.43. The summed E-state index contributed by atoms with van der Waals surface area (Å²) in [7, 11) is 1.63. The van der Waals surface area contributed by atoms with E-state index in [1.54, 1.807) is 23.9 Å². The molecule has 164 valence electrons. The van der Waals surface area contributed by atoms with E-state index in [0.29, 0.717) is 23.3 Å². The zero-order valence-corrected chi connectivity index (χ0v) is 18.7. The summed E-state index contributed by atoms with van der Waals surface area (Å²) in [6, 6.07) is 10.9. The summed E-state index contributed by atoms with van der Waals surface area (Å²) < 4.78 is 13.5. The van der Waals surface area contributed by atoms with Crippen molar-refractivity contribution < 1.29 is 19.4 Å². The smallest absolute Gasteiger partial charge is 0.226 e. The maximum Gasteiger partial charge on any atom is 0.226 e. The van der Waals surface area contributed by atoms with Gasteiger partial charge in [0.05, 0.1) is 29.6 Å². The Morgan fingerprint density at radius 2 is 2.12 bits per heavy atom. The number of phenols is 1. The largest absolute Gasteiger partial charge is 0.504 e. The Bertz CT molecular complexity index is 1340. The minimum atomic E-state index is -0.207. The molecule has 2 aromatic carbocycles. The van der Waals surface area contributed by atoms with Crippen molar-refractivity contribution in [3.05, 3.63) is 53.2 Å². The zero-order chi connectivity index (χ0) is 22.4. The van der Waals surface area contributed by atoms with E-state index in [2.05, 4.69) is 5.32 Å². The van der Waals surface area contributed by atoms with Crippen LogP contribution in [0.3, 0.4) is 0 Å². The van der Waals surface area contributed by atoms with E-state index in [0.717, 1.165) is 32.8 Å². The lowest BCUT2D eigenvalue weighted by atomic mass is 9.85. The average molecular weight is 451 g/mol. The van der Waals surface area contributed by atoms with Crippen molar-refractivity contribution in [2.24, 2.45) is 0 Å². The molecule has 3 heterocycles. The van der Waals surface area contributed by atoms with Gasteiger partial charge in [0.1, 0.15) is 11.6 Å². The highest BCUT2D eigenvalue weighted by Gasteiger charge is 2.33. The van der Waals surface area contributed by atoms with E-state index in [4.69, 9.17) is 19.6 Å². The first-order valence-electron chi connectivity index (χ1n) is 10.3. The van der Waals surface area contributed by atoms with Crippen molar-refractivity contribution in [3.8, 4) is 22.4 Å². The number of hydrogen-bond acceptors (Lipinski definition) is 7. The summed E-state index contributed by atoms with van der Waals surface area (Å²) >= 11 is 1.48. The normalized spacial score (nSPS) is 15.5. The van der Waals surface area contributed by atoms with Gasteiger partial charge in [0.2, 0.25) is 11.0 Å². The van der Waals surface area contributed by atoms with Crippen LogP contribution in [0, 0.1) is 6.92 Å². The van der Waals surface area contributed by atoms with Gasteiger partial charge in [-0.1, -0.05) is 17.4 Å². The van der Waals surface area contributed by atoms with Gasteiger partial charge >= 0.3 is 0 Å². The average Bonchev–Trinajstić information content (AvgIpc) is 3.35. The topological polar surface area (TPSA) is 98.5 Å². The number of amides is 1. The van der Waals surface area contributed by atoms with Crippen LogP contribution in [0.1, 0.15) is 36.1 Å². The first-order chi connectivity index (χ1) is 15.5. The predicted molar refractivity (Wildman–Crippen MR) is 122 cm³/mol. The second-order valence-corrected chi connectivity index (χ2v) is 8.56. The van der Waals surface area contributed by atoms with E-state index >= 15 is 0 Å². The predicted octanol–water partition coefficient (Wildman–Crippen LogP) is 4.38. The van der Waals surface area contributed by atoms with Gasteiger partial charge in [-0.15, -0.1) is 0 Å². The van der Waals surface area contributed by atoms with Gasteiger partial charge in [0, 0.05) is 17.9 Å². The molecule has 0 spiro atoms. The third kappa shape index (κ3) is 3.34. The summed E-state index contributed by atoms with van der Waals surface area (Å²) in [6.07, 6.45) is 0.285. The van der Waals surface area contributed by atoms with Gasteiger partial charge < -0.3 is 19.9 Å². The van der Waals surface area contributed by atoms with E-state index in [1.165, 1.54) is 11.3 Å². The van der Waals surface area contributed by atoms with Gasteiger partial charge in [-0.2, -0.15) is 9.78 Å². The molecule has 0 unspecified atom stereocenters. The Kier molecular flexibility index (Phi) is 4.97. The van der Waals surface area contributed by atoms with Crippen molar-refractivity contribution >= 4 is 33.3 Å². The highest BCUT2D eigenvalue weighted by atomic mass is 32.1. The number of ether oxygens (including phenoxy) is 2. The molecule has 1 aliphatic rings. The van der Waals surface area contributed by atoms with E-state index in [1.807, 2.05) is 38.1 Å². The number of benzene rings is 2. The highest BCUT2D eigenvalue weighted by molar-refractivity contribution is 7.20. The van der Waals surface area contributed by atoms with Gasteiger partial charge in [0.25, 0.3) is 0 Å². The van der Waals surface area contributed by atoms with Crippen molar-refractivity contribution in [1.29, 1.82) is 0 Å². The fourth-order valence-electron chi connectivity index (χ4n) is 4.10. The van der Waals surface area contributed by atoms with Crippen LogP contribution in [0.4, 0.5) is 5.82 Å². The SMILES string of the molecule is CCOc1cc([C@@H]2CC(=O)Nc3c2c(C)nn3-c2nc3ccc(OC)cc3s2)ccc1O. The number of carbonyl (C=O) groups excluding carboxylic acids is 1. The molecule has 8 nitrogen and oxygen atoms in total. The molecule has 0 bridgehead atoms. The number of fused-ring (bicyclic) bond motifs is 2. The number of nitrogens with zero attached hydrogens (tertiary/aromatic N) is 3. The number of nitrogens with one attached hydrogen (secondary N) is 1. The van der Waals surface area contributed by atoms with Crippen molar-refractivity contribution in [3.63, 3.8) is 0 Å². The molecule has 0 radical (unpaired) electrons. The molecule has 0 fully saturated rings. The maximum absolute atomic E-state index is 12.7. The van der Waals surface area contributed by atoms with E-state index in [-0.39, 0.29) is 24.0 Å². The van der Waals surface area contributed by atoms with Gasteiger partial charge in [-0.05, 0) is 49.7 Å². The molecule has 1 amide bonds. The van der Waals surface area contributed by atoms with E-state index < -0.39 is 0 Å². The number of carbonyl (C=O) groups is 1. The van der Waals surface area contributed by atoms with Gasteiger partial charge in [-0.25, -0.2) is 4.98 Å². The molecule has 4 aromatic rings. The molecule has 0 aliphatic carbocycles. The molecular weight excluding hydrogens is 428 g/mol. The molecule has 2 N–H and O–H groups in total. The van der Waals surface area contributed by atoms with Crippen LogP contribution >= 0.6 is 11.3 Å². The summed E-state index contributed by atoms with van der Waals surface area (Å²) in [4.78, 5) is 17.4. The van der Waals surface area contributed by atoms with Crippen LogP contribution < -0.4 is 14.8 Å². The maximum atomic E-state index is 12.7. The Balaban J connectivity index is 1.62. The lowest BCUT2D eigenvalue weighted by molar-refractivity contribution is -0.116. The molecule has 1 aliphatic heterocycles. The minimum Gasteiger partial charge on any atom is -0.504 e. The molecule has 0 saturated carbocycles. The zero-order valence-electron chi connectivity index (χ0n) is 17.9. The molecule has 2 aromatic heterocycles. The van der Waals surface area contributed by atoms with E-state index in [9.17, 15) is 9.90 Å². The summed E-state index contributed by atoms with van der Waals surface area (Å²) in [5, 5.41) is 18.5. The van der Waals surface area contributed by atoms with Crippen LogP contribution in [-0.2, 0) is 4.79 Å². The standard InChI is InChI=1S/C23H22N4O4S/c1-4-31-18-9-13(5-8-17(18)28)15-11-20(29)25-22-21(15)12(2)26-27(22)23-24-16-7-6-14(30-3)10-19(16)32-23/h5-10,15,28H,4,11H2,1-3H3,(H,25,29)/t15-/m0/s1. The van der Waals surface area contributed by atoms with Crippen LogP contribution in [0.2, 0.25) is 0 Å². The first kappa shape index (κ1) is 20.3. The Hall–Kier alpha value is -3.59. The number of aromatic nitrogens is 3. The number of rotatable bonds is 5. The second-order valence-electron chi connectivity index (χ2n) is 7.55. The Morgan fingerprint density at radius 1 is 1.28 bits per heavy atom. The molecule has 9 heteroatoms. The number of phenolic OH excluding ortho intramolecular Hbond substituents is 1. The Labute approximate surface area is 188 Å². The lowest BCUT2D eigenvalue weighted by Crippen LogP contribution is -2.25.